The summed E-state index contributed by atoms with van der Waals surface area (Å²) >= 11 is 1.23. The Bertz CT molecular complexity index is 915. The normalized spacial score (nSPS) is 10.2. The van der Waals surface area contributed by atoms with Crippen LogP contribution in [0.2, 0.25) is 0 Å². The summed E-state index contributed by atoms with van der Waals surface area (Å²) in [6, 6.07) is 3.05. The lowest BCUT2D eigenvalue weighted by molar-refractivity contribution is 0.0928. The van der Waals surface area contributed by atoms with Crippen LogP contribution in [0.15, 0.2) is 32.0 Å². The Kier molecular flexibility index (Phi) is 7.02. The van der Waals surface area contributed by atoms with Crippen LogP contribution in [0, 0.1) is 0 Å². The monoisotopic (exact) mass is 406 g/mol. The number of guanidine groups is 2. The Balaban J connectivity index is 0.000000597. The van der Waals surface area contributed by atoms with Gasteiger partial charge < -0.3 is 27.4 Å². The van der Waals surface area contributed by atoms with E-state index in [0.29, 0.717) is 16.6 Å². The Labute approximate surface area is 150 Å². The predicted molar refractivity (Wildman–Crippen MR) is 92.7 cm³/mol. The number of carbonyl (C=O) groups is 1. The first-order valence-corrected chi connectivity index (χ1v) is 8.47. The van der Waals surface area contributed by atoms with E-state index in [9.17, 15) is 4.79 Å². The van der Waals surface area contributed by atoms with Crippen LogP contribution in [0.1, 0.15) is 10.6 Å². The fourth-order valence-corrected chi connectivity index (χ4v) is 2.00. The van der Waals surface area contributed by atoms with Crippen LogP contribution in [0.5, 0.6) is 0 Å². The molecule has 0 aliphatic heterocycles. The van der Waals surface area contributed by atoms with Crippen molar-refractivity contribution in [2.75, 3.05) is 0 Å². The van der Waals surface area contributed by atoms with Crippen LogP contribution in [-0.4, -0.2) is 40.3 Å². The van der Waals surface area contributed by atoms with Crippen LogP contribution in [0.25, 0.3) is 11.5 Å². The number of carbonyl (C=O) groups excluding carboxylic acids is 1. The molecule has 2 aromatic heterocycles. The summed E-state index contributed by atoms with van der Waals surface area (Å²) in [7, 11) is -4.67. The number of aliphatic imine (C=N–C) groups is 1. The van der Waals surface area contributed by atoms with Gasteiger partial charge in [-0.3, -0.25) is 13.9 Å². The summed E-state index contributed by atoms with van der Waals surface area (Å²) in [4.78, 5) is 19.6. The minimum Gasteiger partial charge on any atom is -0.449 e. The molecule has 0 aromatic carbocycles. The van der Waals surface area contributed by atoms with Gasteiger partial charge in [-0.2, -0.15) is 13.4 Å². The second-order valence-corrected chi connectivity index (χ2v) is 5.87. The van der Waals surface area contributed by atoms with E-state index in [4.69, 9.17) is 44.9 Å². The van der Waals surface area contributed by atoms with E-state index in [0.717, 1.165) is 0 Å². The second-order valence-electron chi connectivity index (χ2n) is 4.14. The summed E-state index contributed by atoms with van der Waals surface area (Å²) in [5, 5.41) is 5.45. The number of rotatable bonds is 4. The van der Waals surface area contributed by atoms with Gasteiger partial charge in [-0.1, -0.05) is 0 Å². The average Bonchev–Trinajstić information content (AvgIpc) is 3.10. The van der Waals surface area contributed by atoms with E-state index >= 15 is 0 Å². The molecule has 0 aliphatic carbocycles. The maximum atomic E-state index is 11.6. The highest BCUT2D eigenvalue weighted by atomic mass is 32.3. The fourth-order valence-electron chi connectivity index (χ4n) is 1.31. The molecule has 0 fully saturated rings. The van der Waals surface area contributed by atoms with Gasteiger partial charge in [0.25, 0.3) is 0 Å². The maximum Gasteiger partial charge on any atom is 0.394 e. The quantitative estimate of drug-likeness (QED) is 0.134. The lowest BCUT2D eigenvalue weighted by Gasteiger charge is -1.96. The zero-order chi connectivity index (χ0) is 19.9. The number of nitrogens with one attached hydrogen (secondary N) is 1. The Morgan fingerprint density at radius 3 is 2.35 bits per heavy atom. The Hall–Kier alpha value is -3.21. The molecule has 0 bridgehead atoms. The van der Waals surface area contributed by atoms with E-state index < -0.39 is 16.3 Å². The minimum atomic E-state index is -4.67. The molecule has 0 radical (unpaired) electrons. The van der Waals surface area contributed by atoms with Gasteiger partial charge in [0.2, 0.25) is 11.1 Å². The molecule has 2 rings (SSSR count). The van der Waals surface area contributed by atoms with Crippen molar-refractivity contribution in [3.63, 3.8) is 0 Å². The molecule has 0 unspecified atom stereocenters. The van der Waals surface area contributed by atoms with Crippen molar-refractivity contribution in [2.45, 2.75) is 0 Å². The van der Waals surface area contributed by atoms with Gasteiger partial charge in [-0.05, 0) is 12.1 Å². The van der Waals surface area contributed by atoms with Gasteiger partial charge in [0.1, 0.15) is 5.69 Å². The maximum absolute atomic E-state index is 11.6. The number of hydrogen-bond donors (Lipinski definition) is 7. The van der Waals surface area contributed by atoms with E-state index in [-0.39, 0.29) is 17.7 Å². The molecule has 16 heteroatoms. The average molecular weight is 406 g/mol. The van der Waals surface area contributed by atoms with Crippen molar-refractivity contribution >= 4 is 44.7 Å². The highest BCUT2D eigenvalue weighted by molar-refractivity contribution is 7.79. The molecule has 2 aromatic rings. The molecule has 0 saturated carbocycles. The molecule has 142 valence electrons. The molecule has 0 aliphatic rings. The number of aromatic nitrogens is 1. The fraction of sp³-hybridized carbons (Fsp3) is 0. The van der Waals surface area contributed by atoms with Gasteiger partial charge in [0.05, 0.1) is 0 Å². The largest absolute Gasteiger partial charge is 0.449 e. The topological polar surface area (TPSA) is 259 Å². The summed E-state index contributed by atoms with van der Waals surface area (Å²) in [6.07, 6.45) is 0. The van der Waals surface area contributed by atoms with Gasteiger partial charge in [-0.25, -0.2) is 10.4 Å². The van der Waals surface area contributed by atoms with E-state index in [1.54, 1.807) is 11.4 Å². The molecule has 14 nitrogen and oxygen atoms in total. The van der Waals surface area contributed by atoms with Gasteiger partial charge in [0, 0.05) is 5.38 Å². The molecular formula is C10H14N8O6S2. The van der Waals surface area contributed by atoms with Gasteiger partial charge >= 0.3 is 16.3 Å². The molecule has 26 heavy (non-hydrogen) atoms. The zero-order valence-electron chi connectivity index (χ0n) is 12.7. The molecule has 2 heterocycles. The number of amides is 1. The SMILES string of the molecule is NC(N)=NNC(=O)c1ccc(-c2csc(N=C(N)N)n2)o1.O=S(=O)(O)O. The van der Waals surface area contributed by atoms with Crippen molar-refractivity contribution in [3.05, 3.63) is 23.3 Å². The Morgan fingerprint density at radius 2 is 1.81 bits per heavy atom. The van der Waals surface area contributed by atoms with Crippen molar-refractivity contribution < 1.29 is 26.7 Å². The first kappa shape index (κ1) is 20.8. The molecule has 11 N–H and O–H groups in total. The van der Waals surface area contributed by atoms with Crippen LogP contribution in [0.4, 0.5) is 5.13 Å². The molecule has 0 spiro atoms. The van der Waals surface area contributed by atoms with Crippen molar-refractivity contribution in [1.29, 1.82) is 0 Å². The van der Waals surface area contributed by atoms with Gasteiger partial charge in [-0.15, -0.1) is 16.4 Å². The highest BCUT2D eigenvalue weighted by Crippen LogP contribution is 2.27. The van der Waals surface area contributed by atoms with E-state index in [1.807, 2.05) is 0 Å². The van der Waals surface area contributed by atoms with Crippen LogP contribution in [0.3, 0.4) is 0 Å². The van der Waals surface area contributed by atoms with E-state index in [1.165, 1.54) is 17.4 Å². The summed E-state index contributed by atoms with van der Waals surface area (Å²) in [6.45, 7) is 0. The lowest BCUT2D eigenvalue weighted by Crippen LogP contribution is -2.28. The summed E-state index contributed by atoms with van der Waals surface area (Å²) < 4.78 is 36.9. The number of hydrazone groups is 1. The number of thiazole rings is 1. The number of nitrogens with two attached hydrogens (primary N) is 4. The molecule has 1 amide bonds. The van der Waals surface area contributed by atoms with E-state index in [2.05, 4.69) is 20.5 Å². The predicted octanol–water partition coefficient (Wildman–Crippen LogP) is -1.43. The number of nitrogens with zero attached hydrogens (tertiary/aromatic N) is 3. The third-order valence-electron chi connectivity index (χ3n) is 2.09. The van der Waals surface area contributed by atoms with Crippen molar-refractivity contribution in [2.24, 2.45) is 33.0 Å². The standard InChI is InChI=1S/C10H12N8O2S.H2O4S/c11-8(12)16-10-15-4(3-21-10)5-1-2-6(20-5)7(19)17-18-9(13)14;1-5(2,3)4/h1-3H,(H,17,19)(H4,13,14,18)(H4,11,12,15,16);(H2,1,2,3,4). The Morgan fingerprint density at radius 1 is 1.19 bits per heavy atom. The third-order valence-corrected chi connectivity index (χ3v) is 2.82. The third kappa shape index (κ3) is 8.06. The van der Waals surface area contributed by atoms with Gasteiger partial charge in [0.15, 0.2) is 17.5 Å². The molecule has 0 saturated heterocycles. The smallest absolute Gasteiger partial charge is 0.394 e. The second kappa shape index (κ2) is 8.76. The van der Waals surface area contributed by atoms with Crippen LogP contribution >= 0.6 is 11.3 Å². The first-order valence-electron chi connectivity index (χ1n) is 6.20. The van der Waals surface area contributed by atoms with Crippen molar-refractivity contribution in [1.82, 2.24) is 10.4 Å². The zero-order valence-corrected chi connectivity index (χ0v) is 14.4. The summed E-state index contributed by atoms with van der Waals surface area (Å²) in [5.74, 6) is -0.525. The van der Waals surface area contributed by atoms with Crippen LogP contribution in [-0.2, 0) is 10.4 Å². The lowest BCUT2D eigenvalue weighted by atomic mass is 10.3. The molecular weight excluding hydrogens is 392 g/mol. The number of furan rings is 1. The number of hydrogen-bond acceptors (Lipinski definition) is 8. The first-order chi connectivity index (χ1) is 12.0. The summed E-state index contributed by atoms with van der Waals surface area (Å²) in [5.41, 5.74) is 23.3. The van der Waals surface area contributed by atoms with Crippen molar-refractivity contribution in [3.8, 4) is 11.5 Å². The highest BCUT2D eigenvalue weighted by Gasteiger charge is 2.14. The molecule has 0 atom stereocenters. The minimum absolute atomic E-state index is 0.0337. The van der Waals surface area contributed by atoms with Crippen LogP contribution < -0.4 is 28.4 Å².